The molecule has 1 aromatic heterocycles. The van der Waals surface area contributed by atoms with Gasteiger partial charge in [-0.2, -0.15) is 11.8 Å². The minimum Gasteiger partial charge on any atom is -0.388 e. The molecule has 1 heterocycles. The van der Waals surface area contributed by atoms with Crippen LogP contribution in [0.15, 0.2) is 11.4 Å². The summed E-state index contributed by atoms with van der Waals surface area (Å²) in [5.41, 5.74) is 1.09. The summed E-state index contributed by atoms with van der Waals surface area (Å²) < 4.78 is 0. The molecule has 0 amide bonds. The summed E-state index contributed by atoms with van der Waals surface area (Å²) in [6, 6.07) is 2.00. The molecule has 1 unspecified atom stereocenters. The number of hydrogen-bond donors (Lipinski definition) is 1. The van der Waals surface area contributed by atoms with Gasteiger partial charge in [-0.05, 0) is 30.2 Å². The Morgan fingerprint density at radius 1 is 1.73 bits per heavy atom. The van der Waals surface area contributed by atoms with E-state index in [1.54, 1.807) is 23.1 Å². The molecule has 62 valence electrons. The van der Waals surface area contributed by atoms with Gasteiger partial charge in [-0.25, -0.2) is 0 Å². The Morgan fingerprint density at radius 3 is 2.91 bits per heavy atom. The number of aryl methyl sites for hydroxylation is 1. The van der Waals surface area contributed by atoms with Crippen molar-refractivity contribution in [2.45, 2.75) is 13.0 Å². The van der Waals surface area contributed by atoms with Crippen molar-refractivity contribution in [1.29, 1.82) is 0 Å². The molecule has 0 aliphatic carbocycles. The molecular formula is C8H12OS2. The summed E-state index contributed by atoms with van der Waals surface area (Å²) in [7, 11) is 0. The second-order valence-electron chi connectivity index (χ2n) is 2.40. The summed E-state index contributed by atoms with van der Waals surface area (Å²) in [6.45, 7) is 2.05. The van der Waals surface area contributed by atoms with Gasteiger partial charge in [-0.15, -0.1) is 11.3 Å². The lowest BCUT2D eigenvalue weighted by Crippen LogP contribution is -1.99. The largest absolute Gasteiger partial charge is 0.388 e. The zero-order chi connectivity index (χ0) is 8.27. The van der Waals surface area contributed by atoms with Crippen LogP contribution >= 0.6 is 23.1 Å². The van der Waals surface area contributed by atoms with Gasteiger partial charge in [0.2, 0.25) is 0 Å². The highest BCUT2D eigenvalue weighted by molar-refractivity contribution is 7.98. The number of thioether (sulfide) groups is 1. The Hall–Kier alpha value is 0.01000. The lowest BCUT2D eigenvalue weighted by Gasteiger charge is -2.07. The maximum atomic E-state index is 9.58. The lowest BCUT2D eigenvalue weighted by molar-refractivity contribution is 0.204. The molecule has 0 saturated carbocycles. The molecule has 0 radical (unpaired) electrons. The lowest BCUT2D eigenvalue weighted by atomic mass is 10.2. The number of aliphatic hydroxyl groups excluding tert-OH is 1. The van der Waals surface area contributed by atoms with E-state index in [0.717, 1.165) is 11.3 Å². The van der Waals surface area contributed by atoms with Crippen LogP contribution in [0.5, 0.6) is 0 Å². The van der Waals surface area contributed by atoms with Crippen LogP contribution in [0.3, 0.4) is 0 Å². The Balaban J connectivity index is 2.67. The summed E-state index contributed by atoms with van der Waals surface area (Å²) in [4.78, 5) is 1.23. The first-order valence-corrected chi connectivity index (χ1v) is 5.74. The summed E-state index contributed by atoms with van der Waals surface area (Å²) >= 11 is 3.36. The van der Waals surface area contributed by atoms with E-state index in [9.17, 15) is 5.11 Å². The van der Waals surface area contributed by atoms with Gasteiger partial charge in [0.15, 0.2) is 0 Å². The Morgan fingerprint density at radius 2 is 2.45 bits per heavy atom. The number of rotatable bonds is 3. The van der Waals surface area contributed by atoms with Crippen LogP contribution in [0.25, 0.3) is 0 Å². The van der Waals surface area contributed by atoms with Crippen LogP contribution in [-0.4, -0.2) is 17.1 Å². The standard InChI is InChI=1S/C8H12OS2/c1-6-7(3-4-11-6)8(9)5-10-2/h3-4,8-9H,5H2,1-2H3. The highest BCUT2D eigenvalue weighted by Gasteiger charge is 2.09. The SMILES string of the molecule is CSCC(O)c1ccsc1C. The Bertz CT molecular complexity index is 220. The fraction of sp³-hybridized carbons (Fsp3) is 0.500. The first-order chi connectivity index (χ1) is 5.25. The molecule has 0 aliphatic rings. The van der Waals surface area contributed by atoms with Crippen LogP contribution in [0.1, 0.15) is 16.5 Å². The number of thiophene rings is 1. The van der Waals surface area contributed by atoms with Crippen molar-refractivity contribution < 1.29 is 5.11 Å². The molecule has 3 heteroatoms. The highest BCUT2D eigenvalue weighted by atomic mass is 32.2. The third-order valence-corrected chi connectivity index (χ3v) is 3.09. The topological polar surface area (TPSA) is 20.2 Å². The van der Waals surface area contributed by atoms with Gasteiger partial charge < -0.3 is 5.11 Å². The Kier molecular flexibility index (Phi) is 3.43. The van der Waals surface area contributed by atoms with Crippen LogP contribution in [0.2, 0.25) is 0 Å². The van der Waals surface area contributed by atoms with Gasteiger partial charge in [0.25, 0.3) is 0 Å². The summed E-state index contributed by atoms with van der Waals surface area (Å²) in [5, 5.41) is 11.6. The van der Waals surface area contributed by atoms with E-state index in [-0.39, 0.29) is 6.10 Å². The van der Waals surface area contributed by atoms with Gasteiger partial charge in [-0.1, -0.05) is 0 Å². The maximum Gasteiger partial charge on any atom is 0.0890 e. The average Bonchev–Trinajstić information content (AvgIpc) is 2.36. The molecule has 0 spiro atoms. The molecule has 1 N–H and O–H groups in total. The normalized spacial score (nSPS) is 13.4. The van der Waals surface area contributed by atoms with Crippen molar-refractivity contribution >= 4 is 23.1 Å². The predicted molar refractivity (Wildman–Crippen MR) is 52.4 cm³/mol. The fourth-order valence-corrected chi connectivity index (χ4v) is 2.24. The molecule has 0 fully saturated rings. The third-order valence-electron chi connectivity index (χ3n) is 1.58. The molecule has 0 aliphatic heterocycles. The van der Waals surface area contributed by atoms with Crippen molar-refractivity contribution in [3.05, 3.63) is 21.9 Å². The molecule has 1 aromatic rings. The first-order valence-electron chi connectivity index (χ1n) is 3.46. The quantitative estimate of drug-likeness (QED) is 0.786. The molecule has 1 nitrogen and oxygen atoms in total. The van der Waals surface area contributed by atoms with Crippen molar-refractivity contribution in [1.82, 2.24) is 0 Å². The van der Waals surface area contributed by atoms with Crippen LogP contribution in [-0.2, 0) is 0 Å². The molecule has 1 rings (SSSR count). The average molecular weight is 188 g/mol. The molecule has 0 bridgehead atoms. The van der Waals surface area contributed by atoms with E-state index in [1.165, 1.54) is 4.88 Å². The van der Waals surface area contributed by atoms with E-state index < -0.39 is 0 Å². The summed E-state index contributed by atoms with van der Waals surface area (Å²) in [5.74, 6) is 0.789. The van der Waals surface area contributed by atoms with Crippen molar-refractivity contribution in [3.8, 4) is 0 Å². The highest BCUT2D eigenvalue weighted by Crippen LogP contribution is 2.24. The van der Waals surface area contributed by atoms with E-state index in [4.69, 9.17) is 0 Å². The van der Waals surface area contributed by atoms with Gasteiger partial charge >= 0.3 is 0 Å². The van der Waals surface area contributed by atoms with Gasteiger partial charge in [0.05, 0.1) is 6.10 Å². The van der Waals surface area contributed by atoms with Crippen LogP contribution in [0.4, 0.5) is 0 Å². The smallest absolute Gasteiger partial charge is 0.0890 e. The molecule has 0 saturated heterocycles. The van der Waals surface area contributed by atoms with Gasteiger partial charge in [-0.3, -0.25) is 0 Å². The monoisotopic (exact) mass is 188 g/mol. The molecule has 11 heavy (non-hydrogen) atoms. The zero-order valence-corrected chi connectivity index (χ0v) is 8.34. The minimum atomic E-state index is -0.281. The zero-order valence-electron chi connectivity index (χ0n) is 6.70. The second kappa shape index (κ2) is 4.14. The van der Waals surface area contributed by atoms with Crippen LogP contribution < -0.4 is 0 Å². The molecule has 1 atom stereocenters. The molecule has 0 aromatic carbocycles. The van der Waals surface area contributed by atoms with Crippen molar-refractivity contribution in [2.75, 3.05) is 12.0 Å². The van der Waals surface area contributed by atoms with E-state index in [2.05, 4.69) is 0 Å². The van der Waals surface area contributed by atoms with Crippen LogP contribution in [0, 0.1) is 6.92 Å². The van der Waals surface area contributed by atoms with Gasteiger partial charge in [0, 0.05) is 10.6 Å². The van der Waals surface area contributed by atoms with Gasteiger partial charge in [0.1, 0.15) is 0 Å². The predicted octanol–water partition coefficient (Wildman–Crippen LogP) is 2.45. The second-order valence-corrected chi connectivity index (χ2v) is 4.43. The fourth-order valence-electron chi connectivity index (χ4n) is 0.988. The van der Waals surface area contributed by atoms with E-state index >= 15 is 0 Å². The van der Waals surface area contributed by atoms with Crippen molar-refractivity contribution in [2.24, 2.45) is 0 Å². The van der Waals surface area contributed by atoms with E-state index in [0.29, 0.717) is 0 Å². The van der Waals surface area contributed by atoms with Crippen molar-refractivity contribution in [3.63, 3.8) is 0 Å². The Labute approximate surface area is 75.4 Å². The molecular weight excluding hydrogens is 176 g/mol. The number of hydrogen-bond acceptors (Lipinski definition) is 3. The third kappa shape index (κ3) is 2.22. The van der Waals surface area contributed by atoms with E-state index in [1.807, 2.05) is 24.6 Å². The maximum absolute atomic E-state index is 9.58. The summed E-state index contributed by atoms with van der Waals surface area (Å²) in [6.07, 6.45) is 1.72. The minimum absolute atomic E-state index is 0.281. The first kappa shape index (κ1) is 9.10. The number of aliphatic hydroxyl groups is 1.